The normalized spacial score (nSPS) is 13.3. The molecule has 20 heavy (non-hydrogen) atoms. The smallest absolute Gasteiger partial charge is 0.139 e. The van der Waals surface area contributed by atoms with Crippen LogP contribution in [0.1, 0.15) is 23.5 Å². The van der Waals surface area contributed by atoms with Gasteiger partial charge < -0.3 is 4.90 Å². The highest BCUT2D eigenvalue weighted by atomic mass is 32.2. The number of thioether (sulfide) groups is 1. The lowest BCUT2D eigenvalue weighted by Crippen LogP contribution is -2.15. The van der Waals surface area contributed by atoms with Crippen molar-refractivity contribution in [2.75, 3.05) is 18.2 Å². The highest BCUT2D eigenvalue weighted by Crippen LogP contribution is 2.32. The molecule has 0 bridgehead atoms. The first kappa shape index (κ1) is 13.4. The first-order valence-corrected chi connectivity index (χ1v) is 8.15. The molecule has 0 saturated heterocycles. The number of aryl methyl sites for hydroxylation is 2. The van der Waals surface area contributed by atoms with Crippen molar-refractivity contribution in [3.63, 3.8) is 0 Å². The van der Waals surface area contributed by atoms with Crippen LogP contribution in [0.5, 0.6) is 0 Å². The van der Waals surface area contributed by atoms with Crippen LogP contribution in [-0.2, 0) is 12.8 Å². The molecule has 0 amide bonds. The molecule has 0 spiro atoms. The maximum Gasteiger partial charge on any atom is 0.139 e. The lowest BCUT2D eigenvalue weighted by Gasteiger charge is -2.21. The van der Waals surface area contributed by atoms with Crippen molar-refractivity contribution in [2.45, 2.75) is 31.1 Å². The van der Waals surface area contributed by atoms with Gasteiger partial charge in [-0.3, -0.25) is 0 Å². The molecule has 0 N–H and O–H groups in total. The number of fused-ring (bicyclic) bond motifs is 1. The van der Waals surface area contributed by atoms with Crippen molar-refractivity contribution in [3.05, 3.63) is 41.3 Å². The second kappa shape index (κ2) is 5.44. The van der Waals surface area contributed by atoms with E-state index in [2.05, 4.69) is 52.4 Å². The Hall–Kier alpha value is -1.55. The fourth-order valence-corrected chi connectivity index (χ4v) is 3.15. The van der Waals surface area contributed by atoms with Crippen molar-refractivity contribution in [2.24, 2.45) is 0 Å². The third kappa shape index (κ3) is 2.40. The molecule has 0 radical (unpaired) electrons. The zero-order valence-electron chi connectivity index (χ0n) is 12.2. The number of benzene rings is 1. The van der Waals surface area contributed by atoms with Crippen molar-refractivity contribution < 1.29 is 0 Å². The molecule has 0 atom stereocenters. The van der Waals surface area contributed by atoms with Gasteiger partial charge in [-0.25, -0.2) is 9.97 Å². The molecule has 1 aliphatic carbocycles. The van der Waals surface area contributed by atoms with Crippen molar-refractivity contribution in [1.29, 1.82) is 0 Å². The van der Waals surface area contributed by atoms with E-state index in [4.69, 9.17) is 0 Å². The lowest BCUT2D eigenvalue weighted by atomic mass is 10.2. The van der Waals surface area contributed by atoms with Gasteiger partial charge in [-0.1, -0.05) is 0 Å². The molecule has 0 fully saturated rings. The Morgan fingerprint density at radius 3 is 2.55 bits per heavy atom. The van der Waals surface area contributed by atoms with E-state index in [9.17, 15) is 0 Å². The molecule has 1 aromatic heterocycles. The number of hydrogen-bond acceptors (Lipinski definition) is 4. The molecule has 2 aromatic rings. The van der Waals surface area contributed by atoms with Crippen LogP contribution in [0.15, 0.2) is 29.2 Å². The summed E-state index contributed by atoms with van der Waals surface area (Å²) in [5.41, 5.74) is 3.74. The van der Waals surface area contributed by atoms with Gasteiger partial charge in [0.05, 0.1) is 0 Å². The maximum atomic E-state index is 4.67. The minimum Gasteiger partial charge on any atom is -0.329 e. The molecule has 104 valence electrons. The van der Waals surface area contributed by atoms with Crippen molar-refractivity contribution in [3.8, 4) is 0 Å². The number of rotatable bonds is 3. The topological polar surface area (TPSA) is 29.0 Å². The van der Waals surface area contributed by atoms with E-state index in [0.29, 0.717) is 0 Å². The van der Waals surface area contributed by atoms with E-state index >= 15 is 0 Å². The van der Waals surface area contributed by atoms with Crippen LogP contribution in [0.3, 0.4) is 0 Å². The maximum absolute atomic E-state index is 4.67. The van der Waals surface area contributed by atoms with Gasteiger partial charge in [-0.2, -0.15) is 0 Å². The predicted molar refractivity (Wildman–Crippen MR) is 85.1 cm³/mol. The van der Waals surface area contributed by atoms with Crippen LogP contribution in [0, 0.1) is 6.92 Å². The molecule has 0 aliphatic heterocycles. The molecule has 1 aliphatic rings. The quantitative estimate of drug-likeness (QED) is 0.803. The highest BCUT2D eigenvalue weighted by molar-refractivity contribution is 7.98. The summed E-state index contributed by atoms with van der Waals surface area (Å²) in [6.07, 6.45) is 5.47. The molecule has 3 rings (SSSR count). The Labute approximate surface area is 124 Å². The minimum atomic E-state index is 0.869. The molecule has 3 nitrogen and oxygen atoms in total. The summed E-state index contributed by atoms with van der Waals surface area (Å²) in [7, 11) is 2.09. The van der Waals surface area contributed by atoms with Gasteiger partial charge in [0.25, 0.3) is 0 Å². The fourth-order valence-electron chi connectivity index (χ4n) is 2.74. The SMILES string of the molecule is CSc1ccc(N(C)c2nc(C)nc3c2CCC3)cc1. The summed E-state index contributed by atoms with van der Waals surface area (Å²) in [5, 5.41) is 0. The Morgan fingerprint density at radius 1 is 1.10 bits per heavy atom. The van der Waals surface area contributed by atoms with Gasteiger partial charge in [0.2, 0.25) is 0 Å². The molecule has 0 saturated carbocycles. The fraction of sp³-hybridized carbons (Fsp3) is 0.375. The van der Waals surface area contributed by atoms with Crippen molar-refractivity contribution >= 4 is 23.3 Å². The van der Waals surface area contributed by atoms with Crippen LogP contribution in [-0.4, -0.2) is 23.3 Å². The zero-order valence-corrected chi connectivity index (χ0v) is 13.0. The van der Waals surface area contributed by atoms with E-state index < -0.39 is 0 Å². The van der Waals surface area contributed by atoms with Gasteiger partial charge in [0, 0.05) is 28.9 Å². The van der Waals surface area contributed by atoms with Crippen LogP contribution in [0.4, 0.5) is 11.5 Å². The lowest BCUT2D eigenvalue weighted by molar-refractivity contribution is 0.895. The number of hydrogen-bond donors (Lipinski definition) is 0. The number of nitrogens with zero attached hydrogens (tertiary/aromatic N) is 3. The Balaban J connectivity index is 1.99. The predicted octanol–water partition coefficient (Wildman–Crippen LogP) is 3.76. The minimum absolute atomic E-state index is 0.869. The Morgan fingerprint density at radius 2 is 1.85 bits per heavy atom. The van der Waals surface area contributed by atoms with Gasteiger partial charge in [-0.05, 0) is 56.7 Å². The van der Waals surface area contributed by atoms with Gasteiger partial charge in [0.1, 0.15) is 11.6 Å². The second-order valence-corrected chi connectivity index (χ2v) is 6.01. The summed E-state index contributed by atoms with van der Waals surface area (Å²) in [5.74, 6) is 1.94. The summed E-state index contributed by atoms with van der Waals surface area (Å²) >= 11 is 1.76. The molecule has 1 aromatic carbocycles. The largest absolute Gasteiger partial charge is 0.329 e. The number of anilines is 2. The van der Waals surface area contributed by atoms with E-state index in [1.54, 1.807) is 11.8 Å². The number of aromatic nitrogens is 2. The molecular weight excluding hydrogens is 266 g/mol. The first-order valence-electron chi connectivity index (χ1n) is 6.93. The Bertz CT molecular complexity index is 622. The standard InChI is InChI=1S/C16H19N3S/c1-11-17-15-6-4-5-14(15)16(18-11)19(2)12-7-9-13(20-3)10-8-12/h7-10H,4-6H2,1-3H3. The average Bonchev–Trinajstić information content (AvgIpc) is 2.94. The zero-order chi connectivity index (χ0) is 14.1. The summed E-state index contributed by atoms with van der Waals surface area (Å²) in [6.45, 7) is 1.98. The third-order valence-corrected chi connectivity index (χ3v) is 4.54. The van der Waals surface area contributed by atoms with E-state index in [-0.39, 0.29) is 0 Å². The van der Waals surface area contributed by atoms with E-state index in [1.807, 2.05) is 6.92 Å². The van der Waals surface area contributed by atoms with Gasteiger partial charge in [0.15, 0.2) is 0 Å². The molecule has 1 heterocycles. The van der Waals surface area contributed by atoms with E-state index in [1.165, 1.54) is 28.3 Å². The summed E-state index contributed by atoms with van der Waals surface area (Å²) in [4.78, 5) is 12.7. The monoisotopic (exact) mass is 285 g/mol. The average molecular weight is 285 g/mol. The highest BCUT2D eigenvalue weighted by Gasteiger charge is 2.21. The summed E-state index contributed by atoms with van der Waals surface area (Å²) < 4.78 is 0. The third-order valence-electron chi connectivity index (χ3n) is 3.80. The van der Waals surface area contributed by atoms with Crippen LogP contribution in [0.25, 0.3) is 0 Å². The molecule has 0 unspecified atom stereocenters. The van der Waals surface area contributed by atoms with Crippen molar-refractivity contribution in [1.82, 2.24) is 9.97 Å². The Kier molecular flexibility index (Phi) is 3.66. The van der Waals surface area contributed by atoms with Crippen LogP contribution < -0.4 is 4.90 Å². The second-order valence-electron chi connectivity index (χ2n) is 5.13. The van der Waals surface area contributed by atoms with Gasteiger partial charge >= 0.3 is 0 Å². The molecular formula is C16H19N3S. The van der Waals surface area contributed by atoms with Gasteiger partial charge in [-0.15, -0.1) is 11.8 Å². The van der Waals surface area contributed by atoms with E-state index in [0.717, 1.165) is 24.5 Å². The molecule has 4 heteroatoms. The summed E-state index contributed by atoms with van der Waals surface area (Å²) in [6, 6.07) is 8.63. The van der Waals surface area contributed by atoms with Crippen LogP contribution in [0.2, 0.25) is 0 Å². The first-order chi connectivity index (χ1) is 9.69. The van der Waals surface area contributed by atoms with Crippen LogP contribution >= 0.6 is 11.8 Å².